The Bertz CT molecular complexity index is 726. The van der Waals surface area contributed by atoms with Crippen LogP contribution >= 0.6 is 31.9 Å². The van der Waals surface area contributed by atoms with Crippen LogP contribution in [0.15, 0.2) is 70.6 Å². The minimum Gasteiger partial charge on any atom is -0.219 e. The summed E-state index contributed by atoms with van der Waals surface area (Å²) in [7, 11) is -3.69. The quantitative estimate of drug-likeness (QED) is 0.666. The molecule has 0 atom stereocenters. The molecule has 108 valence electrons. The molecule has 0 heterocycles. The van der Waals surface area contributed by atoms with Gasteiger partial charge in [-0.2, -0.15) is 0 Å². The Labute approximate surface area is 141 Å². The van der Waals surface area contributed by atoms with Gasteiger partial charge in [-0.25, -0.2) is 8.42 Å². The van der Waals surface area contributed by atoms with E-state index >= 15 is 0 Å². The van der Waals surface area contributed by atoms with Crippen LogP contribution in [-0.4, -0.2) is 8.42 Å². The number of hydrogen-bond acceptors (Lipinski definition) is 2. The van der Waals surface area contributed by atoms with Crippen molar-refractivity contribution in [1.29, 1.82) is 0 Å². The van der Waals surface area contributed by atoms with E-state index in [1.807, 2.05) is 0 Å². The molecule has 0 aliphatic carbocycles. The molecule has 0 aromatic heterocycles. The van der Waals surface area contributed by atoms with Gasteiger partial charge in [0, 0.05) is 8.95 Å². The summed E-state index contributed by atoms with van der Waals surface area (Å²) in [6, 6.07) is 13.9. The summed E-state index contributed by atoms with van der Waals surface area (Å²) < 4.78 is 26.9. The molecule has 0 radical (unpaired) electrons. The molecule has 0 saturated heterocycles. The van der Waals surface area contributed by atoms with Crippen LogP contribution in [0.4, 0.5) is 0 Å². The summed E-state index contributed by atoms with van der Waals surface area (Å²) in [6.07, 6.45) is 0. The lowest BCUT2D eigenvalue weighted by Crippen LogP contribution is -2.04. The second-order valence-corrected chi connectivity index (χ2v) is 8.19. The number of benzene rings is 2. The topological polar surface area (TPSA) is 34.1 Å². The number of halogens is 2. The highest BCUT2D eigenvalue weighted by Gasteiger charge is 2.22. The summed E-state index contributed by atoms with van der Waals surface area (Å²) in [5.41, 5.74) is 1.10. The van der Waals surface area contributed by atoms with Crippen molar-refractivity contribution in [3.8, 4) is 0 Å². The smallest absolute Gasteiger partial charge is 0.206 e. The molecule has 0 fully saturated rings. The first-order valence-corrected chi connectivity index (χ1v) is 9.04. The molecular weight excluding hydrogens is 416 g/mol. The van der Waals surface area contributed by atoms with E-state index in [9.17, 15) is 8.42 Å². The van der Waals surface area contributed by atoms with Crippen molar-refractivity contribution in [3.05, 3.63) is 81.8 Å². The average molecular weight is 428 g/mol. The highest BCUT2D eigenvalue weighted by atomic mass is 79.9. The van der Waals surface area contributed by atoms with Gasteiger partial charge in [-0.15, -0.1) is 0 Å². The minimum atomic E-state index is -3.69. The minimum absolute atomic E-state index is 0.0444. The maximum Gasteiger partial charge on any atom is 0.206 e. The maximum atomic E-state index is 12.6. The molecule has 2 rings (SSSR count). The summed E-state index contributed by atoms with van der Waals surface area (Å²) in [6.45, 7) is 7.43. The van der Waals surface area contributed by atoms with Gasteiger partial charge in [0.25, 0.3) is 0 Å². The molecule has 0 saturated carbocycles. The van der Waals surface area contributed by atoms with Crippen LogP contribution < -0.4 is 0 Å². The molecule has 2 aromatic rings. The zero-order valence-corrected chi connectivity index (χ0v) is 15.0. The van der Waals surface area contributed by atoms with Gasteiger partial charge in [0.15, 0.2) is 0 Å². The van der Waals surface area contributed by atoms with Gasteiger partial charge < -0.3 is 0 Å². The normalized spacial score (nSPS) is 11.1. The number of sulfone groups is 1. The molecule has 0 N–H and O–H groups in total. The first kappa shape index (κ1) is 16.2. The lowest BCUT2D eigenvalue weighted by atomic mass is 10.2. The Balaban J connectivity index is 2.37. The van der Waals surface area contributed by atoms with E-state index in [4.69, 9.17) is 0 Å². The molecule has 0 aliphatic rings. The molecular formula is C16H12Br2O2S. The Morgan fingerprint density at radius 1 is 0.714 bits per heavy atom. The van der Waals surface area contributed by atoms with Crippen LogP contribution in [0.1, 0.15) is 11.1 Å². The molecule has 21 heavy (non-hydrogen) atoms. The fourth-order valence-corrected chi connectivity index (χ4v) is 3.45. The van der Waals surface area contributed by atoms with Crippen molar-refractivity contribution >= 4 is 51.5 Å². The van der Waals surface area contributed by atoms with Gasteiger partial charge in [-0.1, -0.05) is 69.3 Å². The van der Waals surface area contributed by atoms with Crippen molar-refractivity contribution in [2.24, 2.45) is 0 Å². The van der Waals surface area contributed by atoms with Gasteiger partial charge in [0.1, 0.15) is 0 Å². The lowest BCUT2D eigenvalue weighted by molar-refractivity contribution is 0.615. The van der Waals surface area contributed by atoms with E-state index in [1.165, 1.54) is 0 Å². The fraction of sp³-hybridized carbons (Fsp3) is 0. The number of hydrogen-bond donors (Lipinski definition) is 0. The van der Waals surface area contributed by atoms with Crippen LogP contribution in [0, 0.1) is 0 Å². The van der Waals surface area contributed by atoms with Crippen LogP contribution in [0.5, 0.6) is 0 Å². The van der Waals surface area contributed by atoms with Crippen molar-refractivity contribution in [2.45, 2.75) is 0 Å². The fourth-order valence-electron chi connectivity index (χ4n) is 1.73. The second-order valence-electron chi connectivity index (χ2n) is 4.36. The molecule has 5 heteroatoms. The standard InChI is InChI=1S/C16H12Br2O2S/c1-11(13-3-7-15(17)8-4-13)21(19,20)12(2)14-5-9-16(18)10-6-14/h3-10H,1-2H2. The molecule has 0 unspecified atom stereocenters. The maximum absolute atomic E-state index is 12.6. The molecule has 0 amide bonds. The van der Waals surface area contributed by atoms with Crippen LogP contribution in [0.2, 0.25) is 0 Å². The predicted molar refractivity (Wildman–Crippen MR) is 95.3 cm³/mol. The molecule has 0 spiro atoms. The molecule has 2 nitrogen and oxygen atoms in total. The summed E-state index contributed by atoms with van der Waals surface area (Å²) in [4.78, 5) is 0.0887. The summed E-state index contributed by atoms with van der Waals surface area (Å²) in [5.74, 6) is 0. The molecule has 0 aliphatic heterocycles. The van der Waals surface area contributed by atoms with E-state index < -0.39 is 9.84 Å². The van der Waals surface area contributed by atoms with Crippen molar-refractivity contribution in [3.63, 3.8) is 0 Å². The highest BCUT2D eigenvalue weighted by molar-refractivity contribution is 9.10. The summed E-state index contributed by atoms with van der Waals surface area (Å²) >= 11 is 6.63. The monoisotopic (exact) mass is 426 g/mol. The zero-order chi connectivity index (χ0) is 15.6. The van der Waals surface area contributed by atoms with Gasteiger partial charge in [0.2, 0.25) is 9.84 Å². The van der Waals surface area contributed by atoms with E-state index in [0.717, 1.165) is 8.95 Å². The largest absolute Gasteiger partial charge is 0.219 e. The SMILES string of the molecule is C=C(c1ccc(Br)cc1)S(=O)(=O)C(=C)c1ccc(Br)cc1. The summed E-state index contributed by atoms with van der Waals surface area (Å²) in [5, 5.41) is 0. The lowest BCUT2D eigenvalue weighted by Gasteiger charge is -2.11. The third-order valence-electron chi connectivity index (χ3n) is 2.98. The molecule has 2 aromatic carbocycles. The number of rotatable bonds is 4. The van der Waals surface area contributed by atoms with Crippen LogP contribution in [0.25, 0.3) is 9.81 Å². The van der Waals surface area contributed by atoms with Crippen LogP contribution in [0.3, 0.4) is 0 Å². The Morgan fingerprint density at radius 2 is 1.00 bits per heavy atom. The zero-order valence-electron chi connectivity index (χ0n) is 11.0. The van der Waals surface area contributed by atoms with Gasteiger partial charge in [-0.3, -0.25) is 0 Å². The van der Waals surface area contributed by atoms with E-state index in [0.29, 0.717) is 11.1 Å². The molecule has 0 bridgehead atoms. The Kier molecular flexibility index (Phi) is 4.86. The highest BCUT2D eigenvalue weighted by Crippen LogP contribution is 2.31. The van der Waals surface area contributed by atoms with Crippen molar-refractivity contribution in [2.75, 3.05) is 0 Å². The second kappa shape index (κ2) is 6.30. The average Bonchev–Trinajstić information content (AvgIpc) is 2.47. The third-order valence-corrected chi connectivity index (χ3v) is 5.81. The Hall–Kier alpha value is -1.17. The van der Waals surface area contributed by atoms with Gasteiger partial charge in [0.05, 0.1) is 9.81 Å². The van der Waals surface area contributed by atoms with E-state index in [2.05, 4.69) is 45.0 Å². The first-order valence-electron chi connectivity index (χ1n) is 5.97. The third kappa shape index (κ3) is 3.54. The van der Waals surface area contributed by atoms with E-state index in [1.54, 1.807) is 48.5 Å². The van der Waals surface area contributed by atoms with E-state index in [-0.39, 0.29) is 9.81 Å². The van der Waals surface area contributed by atoms with Crippen molar-refractivity contribution < 1.29 is 8.42 Å². The van der Waals surface area contributed by atoms with Crippen molar-refractivity contribution in [1.82, 2.24) is 0 Å². The van der Waals surface area contributed by atoms with Crippen LogP contribution in [-0.2, 0) is 9.84 Å². The predicted octanol–water partition coefficient (Wildman–Crippen LogP) is 5.27. The first-order chi connectivity index (χ1) is 9.82. The van der Waals surface area contributed by atoms with Gasteiger partial charge in [-0.05, 0) is 35.4 Å². The van der Waals surface area contributed by atoms with Gasteiger partial charge >= 0.3 is 0 Å². The Morgan fingerprint density at radius 3 is 1.29 bits per heavy atom.